The molecular formula is C26H33N5O4. The molecule has 2 fully saturated rings. The Bertz CT molecular complexity index is 1120. The van der Waals surface area contributed by atoms with Gasteiger partial charge in [0.25, 0.3) is 0 Å². The van der Waals surface area contributed by atoms with Crippen LogP contribution in [0, 0.1) is 25.2 Å². The van der Waals surface area contributed by atoms with Gasteiger partial charge in [-0.15, -0.1) is 0 Å². The van der Waals surface area contributed by atoms with Crippen molar-refractivity contribution >= 4 is 11.7 Å². The monoisotopic (exact) mass is 479 g/mol. The molecule has 3 aliphatic heterocycles. The minimum Gasteiger partial charge on any atom is -0.454 e. The maximum atomic E-state index is 13.0. The molecule has 1 aromatic heterocycles. The van der Waals surface area contributed by atoms with Crippen molar-refractivity contribution in [1.29, 1.82) is 5.26 Å². The molecule has 0 saturated carbocycles. The van der Waals surface area contributed by atoms with E-state index in [9.17, 15) is 10.1 Å². The molecule has 0 aliphatic carbocycles. The van der Waals surface area contributed by atoms with Crippen LogP contribution >= 0.6 is 0 Å². The second-order valence-electron chi connectivity index (χ2n) is 9.58. The molecule has 186 valence electrons. The Kier molecular flexibility index (Phi) is 6.95. The lowest BCUT2D eigenvalue weighted by Gasteiger charge is -2.34. The molecule has 1 aromatic carbocycles. The van der Waals surface area contributed by atoms with Crippen LogP contribution in [0.4, 0.5) is 5.82 Å². The number of nitriles is 1. The van der Waals surface area contributed by atoms with E-state index in [1.54, 1.807) is 0 Å². The first-order chi connectivity index (χ1) is 17.0. The Morgan fingerprint density at radius 1 is 1.14 bits per heavy atom. The number of carbonyl (C=O) groups excluding carboxylic acids is 1. The lowest BCUT2D eigenvalue weighted by atomic mass is 10.1. The summed E-state index contributed by atoms with van der Waals surface area (Å²) in [7, 11) is 0. The third-order valence-electron chi connectivity index (χ3n) is 7.28. The summed E-state index contributed by atoms with van der Waals surface area (Å²) in [4.78, 5) is 17.6. The molecule has 1 amide bonds. The summed E-state index contributed by atoms with van der Waals surface area (Å²) >= 11 is 0. The van der Waals surface area contributed by atoms with Crippen LogP contribution in [-0.4, -0.2) is 72.5 Å². The predicted molar refractivity (Wildman–Crippen MR) is 131 cm³/mol. The number of benzene rings is 1. The first kappa shape index (κ1) is 23.7. The Labute approximate surface area is 206 Å². The zero-order valence-corrected chi connectivity index (χ0v) is 20.5. The van der Waals surface area contributed by atoms with E-state index < -0.39 is 0 Å². The molecule has 1 N–H and O–H groups in total. The highest BCUT2D eigenvalue weighted by molar-refractivity contribution is 5.93. The lowest BCUT2D eigenvalue weighted by molar-refractivity contribution is -0.117. The summed E-state index contributed by atoms with van der Waals surface area (Å²) in [6, 6.07) is 8.38. The molecule has 9 heteroatoms. The van der Waals surface area contributed by atoms with Crippen molar-refractivity contribution in [1.82, 2.24) is 14.4 Å². The van der Waals surface area contributed by atoms with Crippen LogP contribution in [0.3, 0.4) is 0 Å². The number of hydrogen-bond acceptors (Lipinski definition) is 7. The van der Waals surface area contributed by atoms with Gasteiger partial charge in [0, 0.05) is 45.0 Å². The molecule has 9 nitrogen and oxygen atoms in total. The molecule has 0 bridgehead atoms. The quantitative estimate of drug-likeness (QED) is 0.653. The van der Waals surface area contributed by atoms with E-state index in [2.05, 4.69) is 27.3 Å². The molecule has 0 unspecified atom stereocenters. The molecule has 2 saturated heterocycles. The maximum absolute atomic E-state index is 13.0. The van der Waals surface area contributed by atoms with Crippen molar-refractivity contribution in [3.05, 3.63) is 40.6 Å². The second-order valence-corrected chi connectivity index (χ2v) is 9.58. The number of amides is 1. The summed E-state index contributed by atoms with van der Waals surface area (Å²) in [5, 5.41) is 12.8. The van der Waals surface area contributed by atoms with Crippen LogP contribution in [0.1, 0.15) is 35.2 Å². The molecule has 35 heavy (non-hydrogen) atoms. The Hall–Kier alpha value is -3.06. The van der Waals surface area contributed by atoms with E-state index in [-0.39, 0.29) is 18.8 Å². The number of piperazine rings is 1. The van der Waals surface area contributed by atoms with Crippen molar-refractivity contribution in [2.75, 3.05) is 51.4 Å². The van der Waals surface area contributed by atoms with E-state index in [1.807, 2.05) is 30.5 Å². The van der Waals surface area contributed by atoms with Gasteiger partial charge in [0.05, 0.1) is 24.8 Å². The largest absolute Gasteiger partial charge is 0.454 e. The average molecular weight is 480 g/mol. The van der Waals surface area contributed by atoms with Crippen LogP contribution in [-0.2, 0) is 22.6 Å². The van der Waals surface area contributed by atoms with Crippen LogP contribution in [0.15, 0.2) is 18.2 Å². The number of rotatable bonds is 7. The number of ether oxygens (including phenoxy) is 3. The summed E-state index contributed by atoms with van der Waals surface area (Å²) < 4.78 is 18.7. The highest BCUT2D eigenvalue weighted by atomic mass is 16.7. The average Bonchev–Trinajstić information content (AvgIpc) is 3.58. The molecule has 1 atom stereocenters. The minimum absolute atomic E-state index is 0.0863. The van der Waals surface area contributed by atoms with E-state index in [1.165, 1.54) is 5.56 Å². The van der Waals surface area contributed by atoms with Gasteiger partial charge in [-0.3, -0.25) is 14.6 Å². The van der Waals surface area contributed by atoms with Gasteiger partial charge in [0.2, 0.25) is 12.7 Å². The van der Waals surface area contributed by atoms with Crippen molar-refractivity contribution < 1.29 is 19.0 Å². The zero-order valence-electron chi connectivity index (χ0n) is 20.5. The molecule has 4 heterocycles. The highest BCUT2D eigenvalue weighted by Crippen LogP contribution is 2.33. The molecule has 0 radical (unpaired) electrons. The SMILES string of the molecule is Cc1c(C#N)c(NC(=O)CN2CCN(Cc3ccc4c(c3)OCO4)CC2)n(C[C@H]2CCCO2)c1C. The summed E-state index contributed by atoms with van der Waals surface area (Å²) in [6.45, 7) is 10.2. The fraction of sp³-hybridized carbons (Fsp3) is 0.538. The fourth-order valence-corrected chi connectivity index (χ4v) is 5.13. The van der Waals surface area contributed by atoms with Gasteiger partial charge < -0.3 is 24.1 Å². The number of nitrogens with zero attached hydrogens (tertiary/aromatic N) is 4. The van der Waals surface area contributed by atoms with Crippen molar-refractivity contribution in [3.8, 4) is 17.6 Å². The number of hydrogen-bond donors (Lipinski definition) is 1. The Morgan fingerprint density at radius 3 is 2.66 bits per heavy atom. The fourth-order valence-electron chi connectivity index (χ4n) is 5.13. The number of fused-ring (bicyclic) bond motifs is 1. The van der Waals surface area contributed by atoms with Gasteiger partial charge in [0.15, 0.2) is 11.5 Å². The standard InChI is InChI=1S/C26H33N5O4/c1-18-19(2)31(15-21-4-3-11-33-21)26(22(18)13-27)28-25(32)16-30-9-7-29(8-10-30)14-20-5-6-23-24(12-20)35-17-34-23/h5-6,12,21H,3-4,7-11,14-17H2,1-2H3,(H,28,32)/t21-/m1/s1. The van der Waals surface area contributed by atoms with E-state index >= 15 is 0 Å². The third-order valence-corrected chi connectivity index (χ3v) is 7.28. The van der Waals surface area contributed by atoms with Gasteiger partial charge in [0.1, 0.15) is 11.9 Å². The summed E-state index contributed by atoms with van der Waals surface area (Å²) in [5.41, 5.74) is 3.66. The molecule has 0 spiro atoms. The van der Waals surface area contributed by atoms with E-state index in [0.717, 1.165) is 74.9 Å². The molecule has 5 rings (SSSR count). The van der Waals surface area contributed by atoms with Crippen LogP contribution in [0.5, 0.6) is 11.5 Å². The van der Waals surface area contributed by atoms with E-state index in [0.29, 0.717) is 24.5 Å². The maximum Gasteiger partial charge on any atom is 0.239 e. The predicted octanol–water partition coefficient (Wildman–Crippen LogP) is 2.64. The zero-order chi connectivity index (χ0) is 24.4. The first-order valence-corrected chi connectivity index (χ1v) is 12.4. The van der Waals surface area contributed by atoms with Gasteiger partial charge in [-0.2, -0.15) is 5.26 Å². The van der Waals surface area contributed by atoms with Crippen LogP contribution in [0.25, 0.3) is 0 Å². The van der Waals surface area contributed by atoms with E-state index in [4.69, 9.17) is 14.2 Å². The van der Waals surface area contributed by atoms with Gasteiger partial charge >= 0.3 is 0 Å². The van der Waals surface area contributed by atoms with Crippen molar-refractivity contribution in [3.63, 3.8) is 0 Å². The molecular weight excluding hydrogens is 446 g/mol. The second kappa shape index (κ2) is 10.3. The Balaban J connectivity index is 1.16. The number of nitrogens with one attached hydrogen (secondary N) is 1. The van der Waals surface area contributed by atoms with Gasteiger partial charge in [-0.05, 0) is 49.9 Å². The van der Waals surface area contributed by atoms with Crippen molar-refractivity contribution in [2.24, 2.45) is 0 Å². The first-order valence-electron chi connectivity index (χ1n) is 12.4. The summed E-state index contributed by atoms with van der Waals surface area (Å²) in [6.07, 6.45) is 2.18. The smallest absolute Gasteiger partial charge is 0.239 e. The van der Waals surface area contributed by atoms with Crippen LogP contribution < -0.4 is 14.8 Å². The molecule has 2 aromatic rings. The van der Waals surface area contributed by atoms with Gasteiger partial charge in [-0.1, -0.05) is 6.07 Å². The minimum atomic E-state index is -0.0863. The molecule has 3 aliphatic rings. The van der Waals surface area contributed by atoms with Gasteiger partial charge in [-0.25, -0.2) is 0 Å². The summed E-state index contributed by atoms with van der Waals surface area (Å²) in [5.74, 6) is 2.13. The van der Waals surface area contributed by atoms with Crippen molar-refractivity contribution in [2.45, 2.75) is 45.9 Å². The number of carbonyl (C=O) groups is 1. The number of aromatic nitrogens is 1. The topological polar surface area (TPSA) is 92.0 Å². The highest BCUT2D eigenvalue weighted by Gasteiger charge is 2.25. The lowest BCUT2D eigenvalue weighted by Crippen LogP contribution is -2.48. The third kappa shape index (κ3) is 5.15. The van der Waals surface area contributed by atoms with Crippen LogP contribution in [0.2, 0.25) is 0 Å². The Morgan fingerprint density at radius 2 is 1.91 bits per heavy atom. The number of anilines is 1. The normalized spacial score (nSPS) is 20.2.